The number of aromatic hydroxyl groups is 1. The molecule has 0 saturated carbocycles. The number of oxazole rings is 1. The number of halogens is 4. The highest BCUT2D eigenvalue weighted by atomic mass is 35.5. The number of benzene rings is 2. The summed E-state index contributed by atoms with van der Waals surface area (Å²) in [7, 11) is 0. The lowest BCUT2D eigenvalue weighted by atomic mass is 10.1. The summed E-state index contributed by atoms with van der Waals surface area (Å²) in [6.45, 7) is -0.186. The predicted octanol–water partition coefficient (Wildman–Crippen LogP) is 6.35. The van der Waals surface area contributed by atoms with Gasteiger partial charge in [-0.05, 0) is 48.0 Å². The molecule has 10 heteroatoms. The Balaban J connectivity index is 1.70. The summed E-state index contributed by atoms with van der Waals surface area (Å²) in [6.07, 6.45) is -0.616. The van der Waals surface area contributed by atoms with Crippen molar-refractivity contribution < 1.29 is 27.5 Å². The molecule has 0 amide bonds. The zero-order valence-electron chi connectivity index (χ0n) is 17.8. The summed E-state index contributed by atoms with van der Waals surface area (Å²) in [5.41, 5.74) is -0.595. The molecule has 5 rings (SSSR count). The van der Waals surface area contributed by atoms with E-state index in [0.717, 1.165) is 10.6 Å². The molecule has 0 atom stereocenters. The number of phenolic OH excluding ortho intramolecular Hbond substituents is 1. The molecule has 0 unspecified atom stereocenters. The largest absolute Gasteiger partial charge is 0.508 e. The zero-order valence-corrected chi connectivity index (χ0v) is 18.5. The van der Waals surface area contributed by atoms with Crippen molar-refractivity contribution in [2.75, 3.05) is 0 Å². The van der Waals surface area contributed by atoms with Gasteiger partial charge in [0.05, 0.1) is 11.8 Å². The molecular weight excluding hydrogens is 483 g/mol. The Bertz CT molecular complexity index is 1540. The lowest BCUT2D eigenvalue weighted by molar-refractivity contribution is -0.143. The van der Waals surface area contributed by atoms with Gasteiger partial charge in [-0.2, -0.15) is 13.2 Å². The van der Waals surface area contributed by atoms with E-state index in [1.165, 1.54) is 30.7 Å². The van der Waals surface area contributed by atoms with Gasteiger partial charge in [0.2, 0.25) is 0 Å². The van der Waals surface area contributed by atoms with E-state index in [1.54, 1.807) is 36.4 Å². The van der Waals surface area contributed by atoms with Crippen molar-refractivity contribution in [1.29, 1.82) is 0 Å². The molecule has 5 aromatic rings. The standard InChI is InChI=1S/C25H15ClF3N3O3/c26-16-3-1-14(2-4-16)13-32-19-6-5-17(33)11-18(19)21(23(32)25(27,28)29)22(34)24-31-12-20(35-24)15-7-9-30-10-8-15/h1-12,33H,13H2. The van der Waals surface area contributed by atoms with Crippen LogP contribution in [0.25, 0.3) is 22.2 Å². The molecule has 0 aliphatic heterocycles. The lowest BCUT2D eigenvalue weighted by Crippen LogP contribution is -2.18. The van der Waals surface area contributed by atoms with Gasteiger partial charge in [-0.3, -0.25) is 9.78 Å². The second kappa shape index (κ2) is 8.59. The van der Waals surface area contributed by atoms with Crippen LogP contribution in [0, 0.1) is 0 Å². The first-order valence-corrected chi connectivity index (χ1v) is 10.7. The molecule has 3 aromatic heterocycles. The molecule has 1 N–H and O–H groups in total. The first-order valence-electron chi connectivity index (χ1n) is 10.3. The maximum absolute atomic E-state index is 14.4. The van der Waals surface area contributed by atoms with Crippen LogP contribution >= 0.6 is 11.6 Å². The molecule has 6 nitrogen and oxygen atoms in total. The zero-order chi connectivity index (χ0) is 24.7. The second-order valence-corrected chi connectivity index (χ2v) is 8.17. The monoisotopic (exact) mass is 497 g/mol. The first-order chi connectivity index (χ1) is 16.7. The first kappa shape index (κ1) is 22.7. The molecular formula is C25H15ClF3N3O3. The van der Waals surface area contributed by atoms with E-state index in [-0.39, 0.29) is 29.0 Å². The SMILES string of the molecule is O=C(c1ncc(-c2ccncc2)o1)c1c(C(F)(F)F)n(Cc2ccc(Cl)cc2)c2ccc(O)cc12. The van der Waals surface area contributed by atoms with Crippen molar-refractivity contribution >= 4 is 28.3 Å². The van der Waals surface area contributed by atoms with Gasteiger partial charge in [-0.1, -0.05) is 23.7 Å². The van der Waals surface area contributed by atoms with Crippen molar-refractivity contribution in [3.8, 4) is 17.1 Å². The molecule has 0 saturated heterocycles. The van der Waals surface area contributed by atoms with Crippen LogP contribution < -0.4 is 0 Å². The Morgan fingerprint density at radius 2 is 1.77 bits per heavy atom. The van der Waals surface area contributed by atoms with E-state index in [0.29, 0.717) is 16.1 Å². The predicted molar refractivity (Wildman–Crippen MR) is 122 cm³/mol. The van der Waals surface area contributed by atoms with Crippen LogP contribution in [-0.4, -0.2) is 25.4 Å². The lowest BCUT2D eigenvalue weighted by Gasteiger charge is -2.14. The minimum absolute atomic E-state index is 0.0695. The van der Waals surface area contributed by atoms with Gasteiger partial charge < -0.3 is 14.1 Å². The van der Waals surface area contributed by atoms with Gasteiger partial charge in [-0.15, -0.1) is 0 Å². The van der Waals surface area contributed by atoms with Crippen LogP contribution in [-0.2, 0) is 12.7 Å². The van der Waals surface area contributed by atoms with Gasteiger partial charge in [0, 0.05) is 40.4 Å². The number of ketones is 1. The highest BCUT2D eigenvalue weighted by molar-refractivity contribution is 6.30. The Morgan fingerprint density at radius 3 is 2.46 bits per heavy atom. The fourth-order valence-electron chi connectivity index (χ4n) is 3.94. The van der Waals surface area contributed by atoms with E-state index in [4.69, 9.17) is 16.0 Å². The van der Waals surface area contributed by atoms with Crippen LogP contribution in [0.5, 0.6) is 5.75 Å². The van der Waals surface area contributed by atoms with Crippen LogP contribution in [0.15, 0.2) is 77.6 Å². The molecule has 176 valence electrons. The topological polar surface area (TPSA) is 81.2 Å². The van der Waals surface area contributed by atoms with Gasteiger partial charge in [0.1, 0.15) is 11.4 Å². The van der Waals surface area contributed by atoms with E-state index in [1.807, 2.05) is 0 Å². The smallest absolute Gasteiger partial charge is 0.432 e. The molecule has 35 heavy (non-hydrogen) atoms. The molecule has 0 spiro atoms. The van der Waals surface area contributed by atoms with Gasteiger partial charge in [0.25, 0.3) is 11.7 Å². The number of alkyl halides is 3. The summed E-state index contributed by atoms with van der Waals surface area (Å²) in [5, 5.41) is 10.4. The molecule has 3 heterocycles. The van der Waals surface area contributed by atoms with Crippen molar-refractivity contribution in [1.82, 2.24) is 14.5 Å². The Hall–Kier alpha value is -4.11. The molecule has 0 aliphatic carbocycles. The number of pyridine rings is 1. The van der Waals surface area contributed by atoms with Crippen molar-refractivity contribution in [2.24, 2.45) is 0 Å². The van der Waals surface area contributed by atoms with Gasteiger partial charge >= 0.3 is 6.18 Å². The highest BCUT2D eigenvalue weighted by Gasteiger charge is 2.42. The normalized spacial score (nSPS) is 11.8. The molecule has 0 bridgehead atoms. The quantitative estimate of drug-likeness (QED) is 0.286. The summed E-state index contributed by atoms with van der Waals surface area (Å²) >= 11 is 5.91. The van der Waals surface area contributed by atoms with Gasteiger partial charge in [0.15, 0.2) is 5.76 Å². The number of nitrogens with zero attached hydrogens (tertiary/aromatic N) is 3. The van der Waals surface area contributed by atoms with Crippen molar-refractivity contribution in [2.45, 2.75) is 12.7 Å². The molecule has 0 fully saturated rings. The van der Waals surface area contributed by atoms with Gasteiger partial charge in [-0.25, -0.2) is 4.98 Å². The number of rotatable bonds is 5. The maximum atomic E-state index is 14.4. The van der Waals surface area contributed by atoms with Crippen molar-refractivity contribution in [3.05, 3.63) is 101 Å². The number of hydrogen-bond donors (Lipinski definition) is 1. The van der Waals surface area contributed by atoms with E-state index in [9.17, 15) is 23.1 Å². The molecule has 0 aliphatic rings. The third-order valence-electron chi connectivity index (χ3n) is 5.46. The maximum Gasteiger partial charge on any atom is 0.432 e. The average molecular weight is 498 g/mol. The molecule has 0 radical (unpaired) electrons. The fraction of sp³-hybridized carbons (Fsp3) is 0.0800. The van der Waals surface area contributed by atoms with E-state index >= 15 is 0 Å². The van der Waals surface area contributed by atoms with Crippen LogP contribution in [0.2, 0.25) is 5.02 Å². The number of carbonyl (C=O) groups is 1. The highest BCUT2D eigenvalue weighted by Crippen LogP contribution is 2.41. The number of aromatic nitrogens is 3. The second-order valence-electron chi connectivity index (χ2n) is 7.73. The summed E-state index contributed by atoms with van der Waals surface area (Å²) < 4.78 is 49.9. The number of hydrogen-bond acceptors (Lipinski definition) is 5. The Kier molecular flexibility index (Phi) is 5.56. The van der Waals surface area contributed by atoms with E-state index in [2.05, 4.69) is 9.97 Å². The van der Waals surface area contributed by atoms with Crippen LogP contribution in [0.1, 0.15) is 27.5 Å². The Labute approximate surface area is 201 Å². The Morgan fingerprint density at radius 1 is 1.06 bits per heavy atom. The fourth-order valence-corrected chi connectivity index (χ4v) is 4.07. The number of phenols is 1. The van der Waals surface area contributed by atoms with Crippen LogP contribution in [0.4, 0.5) is 13.2 Å². The molecule has 2 aromatic carbocycles. The van der Waals surface area contributed by atoms with Crippen LogP contribution in [0.3, 0.4) is 0 Å². The minimum Gasteiger partial charge on any atom is -0.508 e. The summed E-state index contributed by atoms with van der Waals surface area (Å²) in [6, 6.07) is 13.3. The summed E-state index contributed by atoms with van der Waals surface area (Å²) in [4.78, 5) is 21.2. The third kappa shape index (κ3) is 4.26. The number of fused-ring (bicyclic) bond motifs is 1. The third-order valence-corrected chi connectivity index (χ3v) is 5.71. The van der Waals surface area contributed by atoms with E-state index < -0.39 is 29.1 Å². The average Bonchev–Trinajstić information content (AvgIpc) is 3.44. The number of carbonyl (C=O) groups excluding carboxylic acids is 1. The summed E-state index contributed by atoms with van der Waals surface area (Å²) in [5.74, 6) is -1.63. The minimum atomic E-state index is -4.90. The van der Waals surface area contributed by atoms with Crippen molar-refractivity contribution in [3.63, 3.8) is 0 Å².